The number of hydrogen-bond donors (Lipinski definition) is 2. The van der Waals surface area contributed by atoms with Crippen LogP contribution in [0, 0.1) is 0 Å². The zero-order valence-corrected chi connectivity index (χ0v) is 49.4. The standard InChI is InChI=1S/C80H70N4O4/c1-5-21-65(22-6-1)85-53-13-17-57-29-37-61(38-30-57)77-69-45-47-71(81-69)78(62-39-31-58(32-40-62)18-14-54-86-66-23-7-2-8-24-66)73-49-51-75(83-73)80(64-43-35-60(36-44-64)20-16-56-88-68-27-11-4-12-28-68)76-52-50-74(84-76)79(72-48-46-70(77)82-72)63-41-33-59(34-42-63)19-15-55-87-67-25-9-3-10-26-67/h1-12,21-52,81,84H,13-20,53-56H2. The van der Waals surface area contributed by atoms with Crippen LogP contribution in [0.5, 0.6) is 23.0 Å². The van der Waals surface area contributed by atoms with Gasteiger partial charge in [-0.05, 0) is 193 Å². The Morgan fingerprint density at radius 1 is 0.239 bits per heavy atom. The first kappa shape index (κ1) is 56.7. The van der Waals surface area contributed by atoms with E-state index in [0.717, 1.165) is 164 Å². The van der Waals surface area contributed by atoms with Crippen molar-refractivity contribution in [3.63, 3.8) is 0 Å². The Bertz CT molecular complexity index is 3770. The van der Waals surface area contributed by atoms with E-state index in [4.69, 9.17) is 28.9 Å². The molecule has 2 aliphatic rings. The third-order valence-corrected chi connectivity index (χ3v) is 16.2. The second kappa shape index (κ2) is 27.7. The lowest BCUT2D eigenvalue weighted by atomic mass is 10.0. The summed E-state index contributed by atoms with van der Waals surface area (Å²) in [5.41, 5.74) is 20.6. The van der Waals surface area contributed by atoms with Crippen LogP contribution in [-0.2, 0) is 25.7 Å². The molecule has 8 nitrogen and oxygen atoms in total. The van der Waals surface area contributed by atoms with E-state index >= 15 is 0 Å². The van der Waals surface area contributed by atoms with E-state index in [-0.39, 0.29) is 0 Å². The summed E-state index contributed by atoms with van der Waals surface area (Å²) in [6.45, 7) is 2.58. The van der Waals surface area contributed by atoms with Gasteiger partial charge in [0.2, 0.25) is 0 Å². The maximum Gasteiger partial charge on any atom is 0.119 e. The van der Waals surface area contributed by atoms with Gasteiger partial charge >= 0.3 is 0 Å². The van der Waals surface area contributed by atoms with E-state index in [2.05, 4.69) is 156 Å². The average Bonchev–Trinajstić information content (AvgIpc) is 3.80. The molecule has 5 heterocycles. The lowest BCUT2D eigenvalue weighted by molar-refractivity contribution is 0.311. The van der Waals surface area contributed by atoms with E-state index in [1.165, 1.54) is 22.3 Å². The fraction of sp³-hybridized carbons (Fsp3) is 0.150. The van der Waals surface area contributed by atoms with Gasteiger partial charge in [0.25, 0.3) is 0 Å². The zero-order chi connectivity index (χ0) is 59.1. The number of fused-ring (bicyclic) bond motifs is 8. The number of H-pyrrole nitrogens is 2. The summed E-state index contributed by atoms with van der Waals surface area (Å²) in [6, 6.07) is 84.9. The first-order valence-electron chi connectivity index (χ1n) is 30.9. The molecule has 13 rings (SSSR count). The third kappa shape index (κ3) is 13.9. The van der Waals surface area contributed by atoms with Crippen LogP contribution in [0.25, 0.3) is 90.9 Å². The molecule has 3 aromatic heterocycles. The zero-order valence-electron chi connectivity index (χ0n) is 49.4. The molecule has 8 aromatic carbocycles. The van der Waals surface area contributed by atoms with Gasteiger partial charge in [-0.25, -0.2) is 9.97 Å². The molecule has 0 unspecified atom stereocenters. The summed E-state index contributed by atoms with van der Waals surface area (Å²) in [5, 5.41) is 0. The van der Waals surface area contributed by atoms with Gasteiger partial charge < -0.3 is 28.9 Å². The molecule has 2 aliphatic heterocycles. The van der Waals surface area contributed by atoms with Crippen molar-refractivity contribution >= 4 is 46.4 Å². The van der Waals surface area contributed by atoms with Gasteiger partial charge in [0.05, 0.1) is 49.2 Å². The Labute approximate surface area is 515 Å². The molecule has 0 aliphatic carbocycles. The number of aromatic amines is 2. The Kier molecular flexibility index (Phi) is 17.9. The minimum atomic E-state index is 0.645. The van der Waals surface area contributed by atoms with Crippen LogP contribution in [0.1, 0.15) is 70.7 Å². The predicted octanol–water partition coefficient (Wildman–Crippen LogP) is 19.4. The van der Waals surface area contributed by atoms with Crippen molar-refractivity contribution in [3.8, 4) is 67.5 Å². The summed E-state index contributed by atoms with van der Waals surface area (Å²) < 4.78 is 24.3. The van der Waals surface area contributed by atoms with Crippen LogP contribution in [0.3, 0.4) is 0 Å². The summed E-state index contributed by atoms with van der Waals surface area (Å²) >= 11 is 0. The van der Waals surface area contributed by atoms with E-state index in [9.17, 15) is 0 Å². The van der Waals surface area contributed by atoms with Crippen molar-refractivity contribution in [3.05, 3.63) is 288 Å². The summed E-state index contributed by atoms with van der Waals surface area (Å²) in [4.78, 5) is 19.2. The second-order valence-corrected chi connectivity index (χ2v) is 22.4. The molecule has 0 radical (unpaired) electrons. The predicted molar refractivity (Wildman–Crippen MR) is 362 cm³/mol. The van der Waals surface area contributed by atoms with E-state index in [0.29, 0.717) is 26.4 Å². The molecule has 8 bridgehead atoms. The first-order chi connectivity index (χ1) is 43.6. The molecule has 0 saturated heterocycles. The molecule has 2 N–H and O–H groups in total. The van der Waals surface area contributed by atoms with Crippen molar-refractivity contribution in [1.82, 2.24) is 19.9 Å². The Hall–Kier alpha value is -10.4. The van der Waals surface area contributed by atoms with Crippen molar-refractivity contribution in [2.24, 2.45) is 0 Å². The van der Waals surface area contributed by atoms with E-state index in [1.807, 2.05) is 121 Å². The molecule has 8 heteroatoms. The Balaban J connectivity index is 0.916. The Morgan fingerprint density at radius 3 is 0.670 bits per heavy atom. The van der Waals surface area contributed by atoms with Gasteiger partial charge in [-0.1, -0.05) is 170 Å². The van der Waals surface area contributed by atoms with Crippen molar-refractivity contribution < 1.29 is 18.9 Å². The largest absolute Gasteiger partial charge is 0.494 e. The molecule has 434 valence electrons. The van der Waals surface area contributed by atoms with Gasteiger partial charge in [0.1, 0.15) is 23.0 Å². The van der Waals surface area contributed by atoms with Crippen molar-refractivity contribution in [2.75, 3.05) is 26.4 Å². The number of benzene rings is 8. The topological polar surface area (TPSA) is 94.3 Å². The minimum Gasteiger partial charge on any atom is -0.494 e. The van der Waals surface area contributed by atoms with Crippen molar-refractivity contribution in [2.45, 2.75) is 51.4 Å². The van der Waals surface area contributed by atoms with Crippen LogP contribution < -0.4 is 18.9 Å². The fourth-order valence-corrected chi connectivity index (χ4v) is 11.7. The average molecular weight is 1150 g/mol. The number of aryl methyl sites for hydroxylation is 4. The smallest absolute Gasteiger partial charge is 0.119 e. The minimum absolute atomic E-state index is 0.645. The highest BCUT2D eigenvalue weighted by molar-refractivity contribution is 6.00. The number of nitrogens with zero attached hydrogens (tertiary/aromatic N) is 2. The number of hydrogen-bond acceptors (Lipinski definition) is 6. The Morgan fingerprint density at radius 2 is 0.455 bits per heavy atom. The summed E-state index contributed by atoms with van der Waals surface area (Å²) in [5.74, 6) is 3.58. The van der Waals surface area contributed by atoms with Crippen LogP contribution in [-0.4, -0.2) is 46.4 Å². The van der Waals surface area contributed by atoms with Gasteiger partial charge in [0, 0.05) is 44.3 Å². The highest BCUT2D eigenvalue weighted by Crippen LogP contribution is 2.39. The number of ether oxygens (including phenoxy) is 4. The second-order valence-electron chi connectivity index (χ2n) is 22.4. The van der Waals surface area contributed by atoms with Crippen LogP contribution in [0.4, 0.5) is 0 Å². The van der Waals surface area contributed by atoms with Crippen LogP contribution in [0.2, 0.25) is 0 Å². The highest BCUT2D eigenvalue weighted by atomic mass is 16.5. The normalized spacial score (nSPS) is 11.6. The number of nitrogens with one attached hydrogen (secondary N) is 2. The molecule has 88 heavy (non-hydrogen) atoms. The number of rotatable bonds is 24. The fourth-order valence-electron chi connectivity index (χ4n) is 11.7. The van der Waals surface area contributed by atoms with Crippen LogP contribution >= 0.6 is 0 Å². The SMILES string of the molecule is C1=Cc2nc1c(-c1ccc(CCCOc3ccccc3)cc1)c1ccc([nH]1)c(-c1ccc(CCCOc3ccccc3)cc1)c1nc(c(-c3ccc(CCCOc4ccccc4)cc3)c3ccc([nH]3)c2-c2ccc(CCCOc3ccccc3)cc2)C=C1. The maximum atomic E-state index is 6.07. The van der Waals surface area contributed by atoms with Gasteiger partial charge in [-0.3, -0.25) is 0 Å². The molecule has 0 saturated carbocycles. The molecule has 0 amide bonds. The molecule has 0 atom stereocenters. The van der Waals surface area contributed by atoms with Gasteiger partial charge in [0.15, 0.2) is 0 Å². The van der Waals surface area contributed by atoms with E-state index < -0.39 is 0 Å². The molecule has 11 aromatic rings. The third-order valence-electron chi connectivity index (χ3n) is 16.2. The lowest BCUT2D eigenvalue weighted by Crippen LogP contribution is -1.99. The number of aromatic nitrogens is 4. The maximum absolute atomic E-state index is 6.07. The lowest BCUT2D eigenvalue weighted by Gasteiger charge is -2.09. The van der Waals surface area contributed by atoms with Crippen LogP contribution in [0.15, 0.2) is 243 Å². The highest BCUT2D eigenvalue weighted by Gasteiger charge is 2.20. The molecule has 0 fully saturated rings. The molecule has 0 spiro atoms. The van der Waals surface area contributed by atoms with Crippen molar-refractivity contribution in [1.29, 1.82) is 0 Å². The quantitative estimate of drug-likeness (QED) is 0.0586. The van der Waals surface area contributed by atoms with E-state index in [1.54, 1.807) is 0 Å². The summed E-state index contributed by atoms with van der Waals surface area (Å²) in [7, 11) is 0. The van der Waals surface area contributed by atoms with Gasteiger partial charge in [-0.2, -0.15) is 0 Å². The molecular weight excluding hydrogens is 1080 g/mol. The van der Waals surface area contributed by atoms with Gasteiger partial charge in [-0.15, -0.1) is 0 Å². The first-order valence-corrected chi connectivity index (χ1v) is 30.9. The number of para-hydroxylation sites is 4. The summed E-state index contributed by atoms with van der Waals surface area (Å²) in [6.07, 6.45) is 15.9. The molecular formula is C80H70N4O4. The monoisotopic (exact) mass is 1150 g/mol.